The van der Waals surface area contributed by atoms with Crippen molar-refractivity contribution in [3.8, 4) is 11.5 Å². The minimum Gasteiger partial charge on any atom is -0.465 e. The first kappa shape index (κ1) is 21.7. The van der Waals surface area contributed by atoms with Gasteiger partial charge in [-0.2, -0.15) is 0 Å². The number of ether oxygens (including phenoxy) is 1. The molecule has 1 fully saturated rings. The number of H-pyrrole nitrogens is 1. The standard InChI is InChI=1S/C19H19Cl2N5O4S/c1-9-12(20)13(21)15(23-9)17(27)24-10-4-7-26(8-5-10)19-25-14(11-3-6-22-30-11)16(31-19)18(28)29-2/h3,6,10,23H,4-5,7-8H2,1-2H3,(H,24,27). The molecule has 3 aromatic heterocycles. The van der Waals surface area contributed by atoms with Gasteiger partial charge in [0.15, 0.2) is 10.9 Å². The zero-order valence-electron chi connectivity index (χ0n) is 16.7. The number of rotatable bonds is 5. The predicted octanol–water partition coefficient (Wildman–Crippen LogP) is 3.93. The second kappa shape index (κ2) is 8.89. The maximum absolute atomic E-state index is 12.6. The summed E-state index contributed by atoms with van der Waals surface area (Å²) in [7, 11) is 1.32. The largest absolute Gasteiger partial charge is 0.465 e. The normalized spacial score (nSPS) is 14.6. The Hall–Kier alpha value is -2.56. The third kappa shape index (κ3) is 4.28. The summed E-state index contributed by atoms with van der Waals surface area (Å²) in [6, 6.07) is 1.63. The number of thiazole rings is 1. The first-order chi connectivity index (χ1) is 14.9. The average molecular weight is 484 g/mol. The Morgan fingerprint density at radius 3 is 2.65 bits per heavy atom. The van der Waals surface area contributed by atoms with E-state index in [-0.39, 0.29) is 22.7 Å². The number of carbonyl (C=O) groups excluding carboxylic acids is 2. The molecule has 4 heterocycles. The van der Waals surface area contributed by atoms with E-state index in [0.717, 1.165) is 0 Å². The molecule has 0 radical (unpaired) electrons. The van der Waals surface area contributed by atoms with E-state index in [0.29, 0.717) is 58.1 Å². The lowest BCUT2D eigenvalue weighted by Crippen LogP contribution is -2.44. The number of esters is 1. The summed E-state index contributed by atoms with van der Waals surface area (Å²) < 4.78 is 10.1. The third-order valence-corrected chi connectivity index (χ3v) is 7.08. The van der Waals surface area contributed by atoms with E-state index in [9.17, 15) is 9.59 Å². The molecule has 0 bridgehead atoms. The van der Waals surface area contributed by atoms with Gasteiger partial charge in [0.25, 0.3) is 5.91 Å². The molecule has 1 amide bonds. The molecule has 4 rings (SSSR count). The van der Waals surface area contributed by atoms with Crippen molar-refractivity contribution < 1.29 is 18.8 Å². The van der Waals surface area contributed by atoms with Crippen molar-refractivity contribution in [1.82, 2.24) is 20.4 Å². The number of nitrogens with one attached hydrogen (secondary N) is 2. The van der Waals surface area contributed by atoms with E-state index in [4.69, 9.17) is 32.5 Å². The molecule has 3 aromatic rings. The number of nitrogens with zero attached hydrogens (tertiary/aromatic N) is 3. The third-order valence-electron chi connectivity index (χ3n) is 5.04. The molecular formula is C19H19Cl2N5O4S. The summed E-state index contributed by atoms with van der Waals surface area (Å²) in [4.78, 5) is 34.7. The average Bonchev–Trinajstić information content (AvgIpc) is 3.50. The van der Waals surface area contributed by atoms with E-state index >= 15 is 0 Å². The number of aromatic nitrogens is 3. The highest BCUT2D eigenvalue weighted by Gasteiger charge is 2.28. The summed E-state index contributed by atoms with van der Waals surface area (Å²) in [5, 5.41) is 7.96. The molecule has 12 heteroatoms. The summed E-state index contributed by atoms with van der Waals surface area (Å²) in [6.45, 7) is 3.08. The van der Waals surface area contributed by atoms with E-state index in [1.165, 1.54) is 24.6 Å². The minimum atomic E-state index is -0.478. The number of methoxy groups -OCH3 is 1. The van der Waals surface area contributed by atoms with Crippen LogP contribution in [-0.2, 0) is 4.74 Å². The van der Waals surface area contributed by atoms with Gasteiger partial charge in [-0.05, 0) is 19.8 Å². The van der Waals surface area contributed by atoms with E-state index in [1.54, 1.807) is 13.0 Å². The van der Waals surface area contributed by atoms with Gasteiger partial charge in [-0.1, -0.05) is 39.7 Å². The van der Waals surface area contributed by atoms with Crippen LogP contribution in [0.2, 0.25) is 10.0 Å². The summed E-state index contributed by atoms with van der Waals surface area (Å²) in [6.07, 6.45) is 2.91. The molecular weight excluding hydrogens is 465 g/mol. The highest BCUT2D eigenvalue weighted by molar-refractivity contribution is 7.17. The summed E-state index contributed by atoms with van der Waals surface area (Å²) in [5.41, 5.74) is 1.33. The smallest absolute Gasteiger partial charge is 0.350 e. The second-order valence-corrected chi connectivity index (χ2v) is 8.76. The number of piperidine rings is 1. The van der Waals surface area contributed by atoms with Crippen LogP contribution in [0.3, 0.4) is 0 Å². The van der Waals surface area contributed by atoms with Crippen LogP contribution in [0, 0.1) is 6.92 Å². The van der Waals surface area contributed by atoms with E-state index < -0.39 is 5.97 Å². The van der Waals surface area contributed by atoms with Gasteiger partial charge < -0.3 is 24.5 Å². The van der Waals surface area contributed by atoms with Crippen molar-refractivity contribution in [3.05, 3.63) is 38.6 Å². The maximum atomic E-state index is 12.6. The number of aromatic amines is 1. The summed E-state index contributed by atoms with van der Waals surface area (Å²) >= 11 is 13.4. The fourth-order valence-electron chi connectivity index (χ4n) is 3.38. The van der Waals surface area contributed by atoms with E-state index in [1.807, 2.05) is 0 Å². The van der Waals surface area contributed by atoms with Crippen molar-refractivity contribution in [2.45, 2.75) is 25.8 Å². The number of carbonyl (C=O) groups is 2. The predicted molar refractivity (Wildman–Crippen MR) is 117 cm³/mol. The van der Waals surface area contributed by atoms with E-state index in [2.05, 4.69) is 25.3 Å². The first-order valence-electron chi connectivity index (χ1n) is 9.48. The molecule has 0 spiro atoms. The van der Waals surface area contributed by atoms with Crippen LogP contribution in [0.1, 0.15) is 38.7 Å². The van der Waals surface area contributed by atoms with Gasteiger partial charge >= 0.3 is 5.97 Å². The van der Waals surface area contributed by atoms with Crippen molar-refractivity contribution in [1.29, 1.82) is 0 Å². The van der Waals surface area contributed by atoms with Crippen LogP contribution in [0.15, 0.2) is 16.8 Å². The number of amides is 1. The van der Waals surface area contributed by atoms with Gasteiger partial charge in [0.1, 0.15) is 16.3 Å². The van der Waals surface area contributed by atoms with Gasteiger partial charge in [0.05, 0.1) is 23.4 Å². The Morgan fingerprint density at radius 2 is 2.06 bits per heavy atom. The molecule has 0 saturated carbocycles. The zero-order chi connectivity index (χ0) is 22.1. The molecule has 2 N–H and O–H groups in total. The SMILES string of the molecule is COC(=O)c1sc(N2CCC(NC(=O)c3[nH]c(C)c(Cl)c3Cl)CC2)nc1-c1ccno1. The van der Waals surface area contributed by atoms with Crippen LogP contribution >= 0.6 is 34.5 Å². The van der Waals surface area contributed by atoms with Crippen LogP contribution in [0.4, 0.5) is 5.13 Å². The number of hydrogen-bond donors (Lipinski definition) is 2. The number of anilines is 1. The van der Waals surface area contributed by atoms with Crippen molar-refractivity contribution in [2.75, 3.05) is 25.1 Å². The molecule has 31 heavy (non-hydrogen) atoms. The number of aryl methyl sites for hydroxylation is 1. The second-order valence-electron chi connectivity index (χ2n) is 7.03. The maximum Gasteiger partial charge on any atom is 0.350 e. The van der Waals surface area contributed by atoms with Gasteiger partial charge in [0.2, 0.25) is 0 Å². The summed E-state index contributed by atoms with van der Waals surface area (Å²) in [5.74, 6) is -0.357. The minimum absolute atomic E-state index is 0.0176. The fourth-order valence-corrected chi connectivity index (χ4v) is 4.84. The molecule has 0 unspecified atom stereocenters. The molecule has 0 atom stereocenters. The highest BCUT2D eigenvalue weighted by Crippen LogP contribution is 2.35. The zero-order valence-corrected chi connectivity index (χ0v) is 19.0. The molecule has 9 nitrogen and oxygen atoms in total. The Kier molecular flexibility index (Phi) is 6.22. The lowest BCUT2D eigenvalue weighted by molar-refractivity contribution is 0.0606. The monoisotopic (exact) mass is 483 g/mol. The molecule has 1 aliphatic heterocycles. The lowest BCUT2D eigenvalue weighted by Gasteiger charge is -2.32. The fraction of sp³-hybridized carbons (Fsp3) is 0.368. The molecule has 1 saturated heterocycles. The topological polar surface area (TPSA) is 113 Å². The Balaban J connectivity index is 1.43. The Labute approximate surface area is 191 Å². The van der Waals surface area contributed by atoms with Crippen molar-refractivity contribution in [2.24, 2.45) is 0 Å². The van der Waals surface area contributed by atoms with Crippen molar-refractivity contribution >= 4 is 51.5 Å². The number of hydrogen-bond acceptors (Lipinski definition) is 8. The molecule has 164 valence electrons. The highest BCUT2D eigenvalue weighted by atomic mass is 35.5. The molecule has 1 aliphatic rings. The Bertz CT molecular complexity index is 1100. The van der Waals surface area contributed by atoms with Crippen molar-refractivity contribution in [3.63, 3.8) is 0 Å². The first-order valence-corrected chi connectivity index (χ1v) is 11.1. The quantitative estimate of drug-likeness (QED) is 0.528. The van der Waals surface area contributed by atoms with Gasteiger partial charge in [-0.3, -0.25) is 4.79 Å². The van der Waals surface area contributed by atoms with Crippen LogP contribution in [0.25, 0.3) is 11.5 Å². The molecule has 0 aliphatic carbocycles. The Morgan fingerprint density at radius 1 is 1.32 bits per heavy atom. The lowest BCUT2D eigenvalue weighted by atomic mass is 10.1. The number of halogens is 2. The van der Waals surface area contributed by atoms with Crippen LogP contribution in [-0.4, -0.2) is 53.2 Å². The van der Waals surface area contributed by atoms with Gasteiger partial charge in [-0.15, -0.1) is 0 Å². The van der Waals surface area contributed by atoms with Crippen LogP contribution in [0.5, 0.6) is 0 Å². The molecule has 0 aromatic carbocycles. The van der Waals surface area contributed by atoms with Gasteiger partial charge in [-0.25, -0.2) is 9.78 Å². The van der Waals surface area contributed by atoms with Crippen LogP contribution < -0.4 is 10.2 Å². The van der Waals surface area contributed by atoms with Gasteiger partial charge in [0, 0.05) is 30.9 Å².